The average Bonchev–Trinajstić information content (AvgIpc) is 3.26. The first kappa shape index (κ1) is 25.8. The maximum absolute atomic E-state index is 13.3. The molecule has 2 aromatic carbocycles. The van der Waals surface area contributed by atoms with E-state index in [2.05, 4.69) is 5.32 Å². The number of fused-ring (bicyclic) bond motifs is 2. The minimum Gasteiger partial charge on any atom is -0.486 e. The van der Waals surface area contributed by atoms with Gasteiger partial charge >= 0.3 is 6.09 Å². The van der Waals surface area contributed by atoms with E-state index in [1.54, 1.807) is 23.1 Å². The molecule has 0 aliphatic carbocycles. The average molecular weight is 523 g/mol. The molecule has 0 saturated carbocycles. The highest BCUT2D eigenvalue weighted by molar-refractivity contribution is 5.95. The Morgan fingerprint density at radius 1 is 1.13 bits per heavy atom. The summed E-state index contributed by atoms with van der Waals surface area (Å²) in [5.41, 5.74) is 1.48. The number of carbonyl (C=O) groups is 2. The fraction of sp³-hybridized carbons (Fsp3) is 0.464. The Morgan fingerprint density at radius 3 is 2.66 bits per heavy atom. The topological polar surface area (TPSA) is 115 Å². The number of nitrogens with one attached hydrogen (secondary N) is 1. The van der Waals surface area contributed by atoms with Crippen molar-refractivity contribution in [3.05, 3.63) is 53.9 Å². The van der Waals surface area contributed by atoms with Crippen LogP contribution >= 0.6 is 0 Å². The Morgan fingerprint density at radius 2 is 1.89 bits per heavy atom. The summed E-state index contributed by atoms with van der Waals surface area (Å²) in [7, 11) is 0. The first-order chi connectivity index (χ1) is 18.2. The molecule has 0 radical (unpaired) electrons. The SMILES string of the molecule is CC(C)(C)OC(=O)N1CC[C@@H](NC(=O)c2ccc3c(c2)OCCO3)C[C@@H]1c1nc2ccccc2n1CCO. The number of hydrogen-bond donors (Lipinski definition) is 2. The quantitative estimate of drug-likeness (QED) is 0.525. The summed E-state index contributed by atoms with van der Waals surface area (Å²) < 4.78 is 18.9. The predicted molar refractivity (Wildman–Crippen MR) is 140 cm³/mol. The van der Waals surface area contributed by atoms with Crippen LogP contribution in [0.1, 0.15) is 55.8 Å². The Bertz CT molecular complexity index is 1330. The number of para-hydroxylation sites is 2. The van der Waals surface area contributed by atoms with Crippen molar-refractivity contribution < 1.29 is 28.9 Å². The van der Waals surface area contributed by atoms with Gasteiger partial charge in [0, 0.05) is 24.7 Å². The van der Waals surface area contributed by atoms with Crippen LogP contribution in [0.5, 0.6) is 11.5 Å². The number of aliphatic hydroxyl groups excluding tert-OH is 1. The molecule has 3 aromatic rings. The van der Waals surface area contributed by atoms with Crippen LogP contribution in [0.15, 0.2) is 42.5 Å². The number of piperidine rings is 1. The van der Waals surface area contributed by atoms with Crippen LogP contribution in [0.25, 0.3) is 11.0 Å². The lowest BCUT2D eigenvalue weighted by Gasteiger charge is -2.40. The van der Waals surface area contributed by atoms with Gasteiger partial charge in [0.2, 0.25) is 0 Å². The van der Waals surface area contributed by atoms with Crippen molar-refractivity contribution in [3.63, 3.8) is 0 Å². The van der Waals surface area contributed by atoms with Crippen molar-refractivity contribution in [3.8, 4) is 11.5 Å². The molecule has 0 unspecified atom stereocenters. The van der Waals surface area contributed by atoms with E-state index in [-0.39, 0.29) is 18.6 Å². The summed E-state index contributed by atoms with van der Waals surface area (Å²) in [6.45, 7) is 7.08. The molecule has 202 valence electrons. The molecule has 10 heteroatoms. The van der Waals surface area contributed by atoms with Gasteiger partial charge in [-0.25, -0.2) is 9.78 Å². The molecule has 2 N–H and O–H groups in total. The van der Waals surface area contributed by atoms with Crippen molar-refractivity contribution >= 4 is 23.0 Å². The van der Waals surface area contributed by atoms with Gasteiger partial charge in [-0.3, -0.25) is 9.69 Å². The molecule has 10 nitrogen and oxygen atoms in total. The zero-order chi connectivity index (χ0) is 26.9. The minimum atomic E-state index is -0.657. The number of carbonyl (C=O) groups excluding carboxylic acids is 2. The lowest BCUT2D eigenvalue weighted by Crippen LogP contribution is -2.50. The number of aliphatic hydroxyl groups is 1. The zero-order valence-corrected chi connectivity index (χ0v) is 22.0. The third-order valence-corrected chi connectivity index (χ3v) is 6.68. The van der Waals surface area contributed by atoms with Crippen LogP contribution in [0.2, 0.25) is 0 Å². The molecule has 5 rings (SSSR count). The number of hydrogen-bond acceptors (Lipinski definition) is 7. The van der Waals surface area contributed by atoms with Gasteiger partial charge in [0.1, 0.15) is 24.6 Å². The maximum atomic E-state index is 13.3. The Hall–Kier alpha value is -3.79. The molecular formula is C28H34N4O6. The summed E-state index contributed by atoms with van der Waals surface area (Å²) in [4.78, 5) is 33.0. The normalized spacial score (nSPS) is 19.3. The van der Waals surface area contributed by atoms with Gasteiger partial charge in [-0.05, 0) is 63.9 Å². The molecule has 2 aliphatic rings. The van der Waals surface area contributed by atoms with Crippen LogP contribution in [-0.2, 0) is 11.3 Å². The number of imidazole rings is 1. The summed E-state index contributed by atoms with van der Waals surface area (Å²) in [6.07, 6.45) is 0.581. The minimum absolute atomic E-state index is 0.0726. The summed E-state index contributed by atoms with van der Waals surface area (Å²) in [6, 6.07) is 12.2. The van der Waals surface area contributed by atoms with E-state index in [9.17, 15) is 14.7 Å². The number of benzene rings is 2. The smallest absolute Gasteiger partial charge is 0.410 e. The monoisotopic (exact) mass is 522 g/mol. The van der Waals surface area contributed by atoms with Crippen LogP contribution in [0.3, 0.4) is 0 Å². The number of likely N-dealkylation sites (tertiary alicyclic amines) is 1. The summed E-state index contributed by atoms with van der Waals surface area (Å²) in [5.74, 6) is 1.62. The molecule has 2 amide bonds. The van der Waals surface area contributed by atoms with Crippen molar-refractivity contribution in [1.29, 1.82) is 0 Å². The van der Waals surface area contributed by atoms with Crippen molar-refractivity contribution in [2.24, 2.45) is 0 Å². The summed E-state index contributed by atoms with van der Waals surface area (Å²) in [5, 5.41) is 12.9. The molecule has 2 aliphatic heterocycles. The molecule has 38 heavy (non-hydrogen) atoms. The lowest BCUT2D eigenvalue weighted by atomic mass is 9.96. The van der Waals surface area contributed by atoms with Gasteiger partial charge in [-0.15, -0.1) is 0 Å². The predicted octanol–water partition coefficient (Wildman–Crippen LogP) is 3.67. The highest BCUT2D eigenvalue weighted by Gasteiger charge is 2.38. The van der Waals surface area contributed by atoms with E-state index in [0.29, 0.717) is 62.0 Å². The first-order valence-corrected chi connectivity index (χ1v) is 13.0. The molecular weight excluding hydrogens is 488 g/mol. The number of aromatic nitrogens is 2. The van der Waals surface area contributed by atoms with Crippen LogP contribution in [-0.4, -0.2) is 69.6 Å². The number of amides is 2. The molecule has 1 aromatic heterocycles. The van der Waals surface area contributed by atoms with E-state index in [1.165, 1.54) is 0 Å². The van der Waals surface area contributed by atoms with Crippen LogP contribution in [0.4, 0.5) is 4.79 Å². The van der Waals surface area contributed by atoms with E-state index in [0.717, 1.165) is 11.0 Å². The van der Waals surface area contributed by atoms with Crippen molar-refractivity contribution in [2.75, 3.05) is 26.4 Å². The molecule has 0 spiro atoms. The number of rotatable bonds is 5. The van der Waals surface area contributed by atoms with Gasteiger partial charge in [0.15, 0.2) is 11.5 Å². The highest BCUT2D eigenvalue weighted by atomic mass is 16.6. The fourth-order valence-corrected chi connectivity index (χ4v) is 5.02. The summed E-state index contributed by atoms with van der Waals surface area (Å²) >= 11 is 0. The van der Waals surface area contributed by atoms with Crippen molar-refractivity contribution in [1.82, 2.24) is 19.8 Å². The largest absolute Gasteiger partial charge is 0.486 e. The van der Waals surface area contributed by atoms with Gasteiger partial charge in [-0.2, -0.15) is 0 Å². The first-order valence-electron chi connectivity index (χ1n) is 13.0. The van der Waals surface area contributed by atoms with E-state index in [4.69, 9.17) is 19.2 Å². The van der Waals surface area contributed by atoms with Crippen molar-refractivity contribution in [2.45, 2.75) is 57.8 Å². The third-order valence-electron chi connectivity index (χ3n) is 6.68. The highest BCUT2D eigenvalue weighted by Crippen LogP contribution is 2.35. The molecule has 1 fully saturated rings. The second-order valence-electron chi connectivity index (χ2n) is 10.6. The van der Waals surface area contributed by atoms with Gasteiger partial charge in [-0.1, -0.05) is 12.1 Å². The second-order valence-corrected chi connectivity index (χ2v) is 10.6. The molecule has 1 saturated heterocycles. The number of ether oxygens (including phenoxy) is 3. The Balaban J connectivity index is 1.43. The second kappa shape index (κ2) is 10.5. The van der Waals surface area contributed by atoms with Crippen LogP contribution < -0.4 is 14.8 Å². The molecule has 3 heterocycles. The fourth-order valence-electron chi connectivity index (χ4n) is 5.02. The Labute approximate surface area is 221 Å². The maximum Gasteiger partial charge on any atom is 0.410 e. The van der Waals surface area contributed by atoms with E-state index >= 15 is 0 Å². The van der Waals surface area contributed by atoms with Gasteiger partial charge in [0.05, 0.1) is 23.7 Å². The van der Waals surface area contributed by atoms with E-state index in [1.807, 2.05) is 49.6 Å². The van der Waals surface area contributed by atoms with E-state index < -0.39 is 17.7 Å². The van der Waals surface area contributed by atoms with Gasteiger partial charge < -0.3 is 29.2 Å². The zero-order valence-electron chi connectivity index (χ0n) is 22.0. The lowest BCUT2D eigenvalue weighted by molar-refractivity contribution is 0.00521. The van der Waals surface area contributed by atoms with Crippen LogP contribution in [0, 0.1) is 0 Å². The molecule has 0 bridgehead atoms. The standard InChI is InChI=1S/C28H34N4O6/c1-28(2,3)38-27(35)32-11-10-19(29-26(34)18-8-9-23-24(16-18)37-15-14-36-23)17-22(32)25-30-20-6-4-5-7-21(20)31(25)12-13-33/h4-9,16,19,22,33H,10-15,17H2,1-3H3,(H,29,34)/t19-,22-/m1/s1. The number of nitrogens with zero attached hydrogens (tertiary/aromatic N) is 3. The third kappa shape index (κ3) is 5.40. The molecule has 2 atom stereocenters. The van der Waals surface area contributed by atoms with Gasteiger partial charge in [0.25, 0.3) is 5.91 Å². The Kier molecular flexibility index (Phi) is 7.16.